The molecular formula is C15H21F4N. The van der Waals surface area contributed by atoms with E-state index in [1.54, 1.807) is 0 Å². The van der Waals surface area contributed by atoms with E-state index >= 15 is 0 Å². The fourth-order valence-electron chi connectivity index (χ4n) is 2.17. The molecule has 0 bridgehead atoms. The minimum Gasteiger partial charge on any atom is -0.310 e. The van der Waals surface area contributed by atoms with Crippen molar-refractivity contribution in [2.24, 2.45) is 0 Å². The molecule has 114 valence electrons. The van der Waals surface area contributed by atoms with E-state index in [0.717, 1.165) is 37.5 Å². The van der Waals surface area contributed by atoms with Gasteiger partial charge in [-0.25, -0.2) is 4.39 Å². The van der Waals surface area contributed by atoms with Crippen LogP contribution in [0.25, 0.3) is 0 Å². The number of nitrogens with one attached hydrogen (secondary N) is 1. The van der Waals surface area contributed by atoms with Gasteiger partial charge in [0.2, 0.25) is 0 Å². The first-order valence-electron chi connectivity index (χ1n) is 7.00. The molecule has 0 saturated heterocycles. The van der Waals surface area contributed by atoms with Crippen LogP contribution in [0.15, 0.2) is 18.2 Å². The first kappa shape index (κ1) is 17.0. The Morgan fingerprint density at radius 3 is 2.40 bits per heavy atom. The van der Waals surface area contributed by atoms with Gasteiger partial charge in [-0.05, 0) is 43.1 Å². The zero-order valence-electron chi connectivity index (χ0n) is 11.9. The monoisotopic (exact) mass is 291 g/mol. The number of halogens is 4. The van der Waals surface area contributed by atoms with Crippen LogP contribution < -0.4 is 5.32 Å². The molecule has 0 radical (unpaired) electrons. The maximum atomic E-state index is 13.3. The normalized spacial score (nSPS) is 13.5. The van der Waals surface area contributed by atoms with Crippen LogP contribution in [0.3, 0.4) is 0 Å². The first-order valence-corrected chi connectivity index (χ1v) is 7.00. The van der Waals surface area contributed by atoms with Crippen LogP contribution in [0, 0.1) is 5.82 Å². The third-order valence-electron chi connectivity index (χ3n) is 3.18. The highest BCUT2D eigenvalue weighted by atomic mass is 19.4. The number of rotatable bonds is 7. The lowest BCUT2D eigenvalue weighted by molar-refractivity contribution is -0.138. The van der Waals surface area contributed by atoms with E-state index < -0.39 is 23.6 Å². The molecule has 1 aromatic rings. The van der Waals surface area contributed by atoms with Gasteiger partial charge in [0.1, 0.15) is 5.82 Å². The van der Waals surface area contributed by atoms with Crippen LogP contribution in [0.4, 0.5) is 17.6 Å². The molecule has 0 aliphatic rings. The number of unbranched alkanes of at least 4 members (excludes halogenated alkanes) is 1. The topological polar surface area (TPSA) is 12.0 Å². The van der Waals surface area contributed by atoms with Gasteiger partial charge in [-0.1, -0.05) is 26.7 Å². The average Bonchev–Trinajstić information content (AvgIpc) is 2.37. The highest BCUT2D eigenvalue weighted by Gasteiger charge is 2.35. The van der Waals surface area contributed by atoms with Gasteiger partial charge in [0.15, 0.2) is 0 Å². The Hall–Kier alpha value is -1.10. The number of benzene rings is 1. The number of hydrogen-bond donors (Lipinski definition) is 1. The number of alkyl halides is 3. The average molecular weight is 291 g/mol. The van der Waals surface area contributed by atoms with Gasteiger partial charge in [0.25, 0.3) is 0 Å². The minimum absolute atomic E-state index is 0.0133. The van der Waals surface area contributed by atoms with Crippen molar-refractivity contribution >= 4 is 0 Å². The largest absolute Gasteiger partial charge is 0.416 e. The Bertz CT molecular complexity index is 407. The molecular weight excluding hydrogens is 270 g/mol. The smallest absolute Gasteiger partial charge is 0.310 e. The molecule has 5 heteroatoms. The van der Waals surface area contributed by atoms with Gasteiger partial charge in [-0.3, -0.25) is 0 Å². The van der Waals surface area contributed by atoms with E-state index in [1.165, 1.54) is 0 Å². The molecule has 1 atom stereocenters. The van der Waals surface area contributed by atoms with E-state index in [0.29, 0.717) is 13.0 Å². The summed E-state index contributed by atoms with van der Waals surface area (Å²) in [5, 5.41) is 3.09. The fraction of sp³-hybridized carbons (Fsp3) is 0.600. The molecule has 1 aromatic carbocycles. The fourth-order valence-corrected chi connectivity index (χ4v) is 2.17. The molecule has 0 fully saturated rings. The molecule has 1 rings (SSSR count). The third kappa shape index (κ3) is 4.78. The molecule has 0 heterocycles. The first-order chi connectivity index (χ1) is 9.40. The van der Waals surface area contributed by atoms with E-state index in [9.17, 15) is 17.6 Å². The highest BCUT2D eigenvalue weighted by Crippen LogP contribution is 2.36. The van der Waals surface area contributed by atoms with E-state index in [-0.39, 0.29) is 5.56 Å². The molecule has 1 nitrogen and oxygen atoms in total. The van der Waals surface area contributed by atoms with Crippen molar-refractivity contribution in [1.29, 1.82) is 0 Å². The molecule has 0 saturated carbocycles. The van der Waals surface area contributed by atoms with Gasteiger partial charge < -0.3 is 5.32 Å². The van der Waals surface area contributed by atoms with Crippen LogP contribution in [0.1, 0.15) is 56.7 Å². The molecule has 1 N–H and O–H groups in total. The van der Waals surface area contributed by atoms with Gasteiger partial charge in [-0.2, -0.15) is 13.2 Å². The van der Waals surface area contributed by atoms with Crippen molar-refractivity contribution < 1.29 is 17.6 Å². The molecule has 0 spiro atoms. The Morgan fingerprint density at radius 1 is 1.15 bits per heavy atom. The summed E-state index contributed by atoms with van der Waals surface area (Å²) < 4.78 is 52.4. The SMILES string of the molecule is CCCCC(NCCC)c1cc(F)ccc1C(F)(F)F. The lowest BCUT2D eigenvalue weighted by Gasteiger charge is -2.23. The van der Waals surface area contributed by atoms with Crippen LogP contribution in [-0.4, -0.2) is 6.54 Å². The van der Waals surface area contributed by atoms with E-state index in [4.69, 9.17) is 0 Å². The Kier molecular flexibility index (Phi) is 6.46. The lowest BCUT2D eigenvalue weighted by atomic mass is 9.95. The van der Waals surface area contributed by atoms with Crippen molar-refractivity contribution in [2.45, 2.75) is 51.7 Å². The summed E-state index contributed by atoms with van der Waals surface area (Å²) in [5.41, 5.74) is -0.733. The maximum Gasteiger partial charge on any atom is 0.416 e. The third-order valence-corrected chi connectivity index (χ3v) is 3.18. The quantitative estimate of drug-likeness (QED) is 0.691. The van der Waals surface area contributed by atoms with Crippen molar-refractivity contribution in [2.75, 3.05) is 6.54 Å². The summed E-state index contributed by atoms with van der Waals surface area (Å²) in [6, 6.07) is 2.24. The number of hydrogen-bond acceptors (Lipinski definition) is 1. The molecule has 0 aromatic heterocycles. The standard InChI is InChI=1S/C15H21F4N/c1-3-5-6-14(20-9-4-2)12-10-11(16)7-8-13(12)15(17,18)19/h7-8,10,14,20H,3-6,9H2,1-2H3. The van der Waals surface area contributed by atoms with Gasteiger partial charge in [0.05, 0.1) is 5.56 Å². The zero-order chi connectivity index (χ0) is 15.2. The van der Waals surface area contributed by atoms with Crippen LogP contribution >= 0.6 is 0 Å². The summed E-state index contributed by atoms with van der Waals surface area (Å²) in [4.78, 5) is 0. The van der Waals surface area contributed by atoms with Crippen LogP contribution in [-0.2, 0) is 6.18 Å². The summed E-state index contributed by atoms with van der Waals surface area (Å²) in [6.07, 6.45) is -1.38. The maximum absolute atomic E-state index is 13.3. The summed E-state index contributed by atoms with van der Waals surface area (Å²) in [7, 11) is 0. The molecule has 0 amide bonds. The molecule has 20 heavy (non-hydrogen) atoms. The predicted octanol–water partition coefficient (Wildman–Crippen LogP) is 5.08. The Balaban J connectivity index is 3.12. The lowest BCUT2D eigenvalue weighted by Crippen LogP contribution is -2.25. The second-order valence-corrected chi connectivity index (χ2v) is 4.88. The summed E-state index contributed by atoms with van der Waals surface area (Å²) >= 11 is 0. The minimum atomic E-state index is -4.46. The van der Waals surface area contributed by atoms with Crippen molar-refractivity contribution in [3.05, 3.63) is 35.1 Å². The molecule has 1 unspecified atom stereocenters. The van der Waals surface area contributed by atoms with Crippen molar-refractivity contribution in [3.63, 3.8) is 0 Å². The van der Waals surface area contributed by atoms with Crippen molar-refractivity contribution in [1.82, 2.24) is 5.32 Å². The second-order valence-electron chi connectivity index (χ2n) is 4.88. The molecule has 0 aliphatic carbocycles. The van der Waals surface area contributed by atoms with Gasteiger partial charge >= 0.3 is 6.18 Å². The van der Waals surface area contributed by atoms with Crippen LogP contribution in [0.5, 0.6) is 0 Å². The highest BCUT2D eigenvalue weighted by molar-refractivity contribution is 5.33. The second kappa shape index (κ2) is 7.62. The van der Waals surface area contributed by atoms with E-state index in [1.807, 2.05) is 13.8 Å². The van der Waals surface area contributed by atoms with Crippen LogP contribution in [0.2, 0.25) is 0 Å². The van der Waals surface area contributed by atoms with E-state index in [2.05, 4.69) is 5.32 Å². The Morgan fingerprint density at radius 2 is 1.85 bits per heavy atom. The Labute approximate surface area is 117 Å². The van der Waals surface area contributed by atoms with Gasteiger partial charge in [-0.15, -0.1) is 0 Å². The summed E-state index contributed by atoms with van der Waals surface area (Å²) in [6.45, 7) is 4.54. The zero-order valence-corrected chi connectivity index (χ0v) is 11.9. The molecule has 0 aliphatic heterocycles. The van der Waals surface area contributed by atoms with Crippen molar-refractivity contribution in [3.8, 4) is 0 Å². The van der Waals surface area contributed by atoms with Gasteiger partial charge in [0, 0.05) is 6.04 Å². The summed E-state index contributed by atoms with van der Waals surface area (Å²) in [5.74, 6) is -0.632. The predicted molar refractivity (Wildman–Crippen MR) is 72.0 cm³/mol.